The molecule has 9 nitrogen and oxygen atoms in total. The number of aromatic nitrogens is 2. The first-order valence-electron chi connectivity index (χ1n) is 20.1. The molecule has 4 saturated carbocycles. The van der Waals surface area contributed by atoms with Gasteiger partial charge in [0.2, 0.25) is 0 Å². The molecule has 0 bridgehead atoms. The number of aliphatic hydroxyl groups is 1. The minimum absolute atomic E-state index is 0.0334. The molecule has 288 valence electrons. The highest BCUT2D eigenvalue weighted by molar-refractivity contribution is 6.02. The number of carbonyl (C=O) groups is 3. The number of rotatable bonds is 10. The van der Waals surface area contributed by atoms with Gasteiger partial charge >= 0.3 is 11.9 Å². The van der Waals surface area contributed by atoms with E-state index in [-0.39, 0.29) is 57.8 Å². The summed E-state index contributed by atoms with van der Waals surface area (Å²) in [5, 5.41) is 24.8. The summed E-state index contributed by atoms with van der Waals surface area (Å²) in [6.07, 6.45) is 10.2. The largest absolute Gasteiger partial charge is 0.481 e. The lowest BCUT2D eigenvalue weighted by atomic mass is 9.33. The fourth-order valence-electron chi connectivity index (χ4n) is 13.0. The minimum atomic E-state index is -1.16. The molecule has 9 heteroatoms. The number of nitrogens with zero attached hydrogens (tertiary/aromatic N) is 2. The number of aliphatic carboxylic acids is 1. The van der Waals surface area contributed by atoms with Crippen molar-refractivity contribution >= 4 is 17.7 Å². The first-order valence-corrected chi connectivity index (χ1v) is 20.1. The normalized spacial score (nSPS) is 38.1. The number of hydrogen-bond donors (Lipinski definition) is 3. The molecule has 11 atom stereocenters. The van der Waals surface area contributed by atoms with E-state index in [9.17, 15) is 24.6 Å². The summed E-state index contributed by atoms with van der Waals surface area (Å²) in [4.78, 5) is 47.6. The highest BCUT2D eigenvalue weighted by Crippen LogP contribution is 2.75. The van der Waals surface area contributed by atoms with Gasteiger partial charge in [0.15, 0.2) is 5.78 Å². The monoisotopic (exact) mass is 719 g/mol. The van der Waals surface area contributed by atoms with Gasteiger partial charge < -0.3 is 20.3 Å². The number of ketones is 1. The molecule has 0 spiro atoms. The fraction of sp³-hybridized carbons (Fsp3) is 0.791. The number of aliphatic hydroxyl groups excluding tert-OH is 1. The highest BCUT2D eigenvalue weighted by Gasteiger charge is 2.69. The van der Waals surface area contributed by atoms with Crippen molar-refractivity contribution < 1.29 is 29.3 Å². The average molecular weight is 720 g/mol. The highest BCUT2D eigenvalue weighted by atomic mass is 16.5. The number of carboxylic acid groups (broad SMARTS) is 1. The van der Waals surface area contributed by atoms with Crippen LogP contribution >= 0.6 is 0 Å². The lowest BCUT2D eigenvalue weighted by Crippen LogP contribution is -2.65. The van der Waals surface area contributed by atoms with Crippen molar-refractivity contribution in [3.8, 4) is 0 Å². The predicted molar refractivity (Wildman–Crippen MR) is 200 cm³/mol. The zero-order valence-electron chi connectivity index (χ0n) is 33.4. The van der Waals surface area contributed by atoms with E-state index in [2.05, 4.69) is 63.8 Å². The van der Waals surface area contributed by atoms with E-state index in [0.29, 0.717) is 24.3 Å². The second kappa shape index (κ2) is 13.6. The van der Waals surface area contributed by atoms with E-state index in [1.165, 1.54) is 11.9 Å². The molecule has 1 heterocycles. The Bertz CT molecular complexity index is 1590. The average Bonchev–Trinajstić information content (AvgIpc) is 3.37. The second-order valence-corrected chi connectivity index (χ2v) is 19.7. The maximum atomic E-state index is 14.4. The number of allylic oxidation sites excluding steroid dienone is 2. The molecular formula is C43H65N3O6. The third kappa shape index (κ3) is 6.08. The lowest BCUT2D eigenvalue weighted by molar-refractivity contribution is -0.232. The van der Waals surface area contributed by atoms with Crippen molar-refractivity contribution in [2.24, 2.45) is 62.6 Å². The third-order valence-electron chi connectivity index (χ3n) is 16.0. The van der Waals surface area contributed by atoms with Crippen LogP contribution in [0.1, 0.15) is 139 Å². The van der Waals surface area contributed by atoms with Crippen LogP contribution < -0.4 is 5.32 Å². The van der Waals surface area contributed by atoms with Gasteiger partial charge in [0.25, 0.3) is 0 Å². The Morgan fingerprint density at radius 2 is 1.67 bits per heavy atom. The molecule has 5 aliphatic rings. The Morgan fingerprint density at radius 1 is 0.981 bits per heavy atom. The standard InChI is InChI=1S/C43H65N3O6/c1-24(2)34-35-26(36(37(34)49)29(47)22-45-25(3)28-16-20-44-23-46-28)13-18-42(9)27(35)11-12-31-41(8)17-15-32(52-33(48)21-39(4,5)38(50)51)40(6,7)30(41)14-19-43(31,42)10/h16,20,23-27,29-32,36,45,47H,11-15,17-19,21-22H2,1-10H3,(H,50,51)/t25-,26?,27+,29-,30-,31+,32-,36+,41-,42+,43+/m0/s1. The molecule has 0 aromatic carbocycles. The smallest absolute Gasteiger partial charge is 0.309 e. The van der Waals surface area contributed by atoms with Crippen LogP contribution in [0.25, 0.3) is 0 Å². The Morgan fingerprint density at radius 3 is 2.31 bits per heavy atom. The van der Waals surface area contributed by atoms with Gasteiger partial charge in [-0.3, -0.25) is 14.4 Å². The summed E-state index contributed by atoms with van der Waals surface area (Å²) in [5.41, 5.74) is 2.02. The Labute approximate surface area is 311 Å². The SMILES string of the molecule is CC(C)C1=C2C(CC[C@]3(C)[C@@H]2CC[C@@H]2[C@@]4(C)CC[C@H](OC(=O)CC(C)(C)C(=O)O)C(C)(C)[C@@H]4CC[C@]23C)[C@H]([C@@H](O)CN[C@@H](C)c2ccncn2)C1=O. The number of ether oxygens (including phenoxy) is 1. The first kappa shape index (κ1) is 39.1. The van der Waals surface area contributed by atoms with E-state index in [1.807, 2.05) is 13.0 Å². The molecule has 1 aromatic rings. The van der Waals surface area contributed by atoms with Crippen LogP contribution in [0, 0.1) is 62.6 Å². The molecule has 0 saturated heterocycles. The van der Waals surface area contributed by atoms with Crippen molar-refractivity contribution in [3.05, 3.63) is 35.4 Å². The van der Waals surface area contributed by atoms with Crippen LogP contribution in [0.3, 0.4) is 0 Å². The van der Waals surface area contributed by atoms with Crippen LogP contribution in [0.2, 0.25) is 0 Å². The van der Waals surface area contributed by atoms with Gasteiger partial charge in [-0.1, -0.05) is 54.0 Å². The number of esters is 1. The van der Waals surface area contributed by atoms with Crippen LogP contribution in [0.15, 0.2) is 29.7 Å². The molecule has 6 rings (SSSR count). The Hall–Kier alpha value is -2.65. The molecular weight excluding hydrogens is 654 g/mol. The first-order chi connectivity index (χ1) is 24.2. The molecule has 0 aliphatic heterocycles. The van der Waals surface area contributed by atoms with Crippen LogP contribution in [-0.4, -0.2) is 56.7 Å². The number of hydrogen-bond acceptors (Lipinski definition) is 8. The number of carbonyl (C=O) groups excluding carboxylic acids is 2. The van der Waals surface area contributed by atoms with Crippen LogP contribution in [0.4, 0.5) is 0 Å². The molecule has 1 unspecified atom stereocenters. The summed E-state index contributed by atoms with van der Waals surface area (Å²) >= 11 is 0. The van der Waals surface area contributed by atoms with Gasteiger partial charge in [0.05, 0.1) is 29.6 Å². The Kier molecular flexibility index (Phi) is 10.2. The number of fused-ring (bicyclic) bond motifs is 7. The van der Waals surface area contributed by atoms with Crippen molar-refractivity contribution in [1.82, 2.24) is 15.3 Å². The van der Waals surface area contributed by atoms with E-state index in [1.54, 1.807) is 20.0 Å². The van der Waals surface area contributed by atoms with Gasteiger partial charge in [-0.25, -0.2) is 9.97 Å². The summed E-state index contributed by atoms with van der Waals surface area (Å²) in [5.74, 6) is -0.269. The predicted octanol–water partition coefficient (Wildman–Crippen LogP) is 7.74. The fourth-order valence-corrected chi connectivity index (χ4v) is 13.0. The van der Waals surface area contributed by atoms with Crippen molar-refractivity contribution in [2.75, 3.05) is 6.54 Å². The molecule has 0 amide bonds. The van der Waals surface area contributed by atoms with E-state index in [0.717, 1.165) is 62.6 Å². The van der Waals surface area contributed by atoms with Gasteiger partial charge in [-0.15, -0.1) is 0 Å². The number of Topliss-reactive ketones (excluding diaryl/α,β-unsaturated/α-hetero) is 1. The molecule has 5 aliphatic carbocycles. The van der Waals surface area contributed by atoms with Gasteiger partial charge in [-0.05, 0) is 130 Å². The van der Waals surface area contributed by atoms with Crippen molar-refractivity contribution in [2.45, 2.75) is 145 Å². The lowest BCUT2D eigenvalue weighted by Gasteiger charge is -2.71. The van der Waals surface area contributed by atoms with Gasteiger partial charge in [-0.2, -0.15) is 0 Å². The summed E-state index contributed by atoms with van der Waals surface area (Å²) < 4.78 is 6.16. The summed E-state index contributed by atoms with van der Waals surface area (Å²) in [6.45, 7) is 22.0. The number of nitrogens with one attached hydrogen (secondary N) is 1. The van der Waals surface area contributed by atoms with Crippen molar-refractivity contribution in [1.29, 1.82) is 0 Å². The maximum absolute atomic E-state index is 14.4. The summed E-state index contributed by atoms with van der Waals surface area (Å²) in [6, 6.07) is 1.81. The van der Waals surface area contributed by atoms with E-state index < -0.39 is 29.4 Å². The zero-order chi connectivity index (χ0) is 38.2. The third-order valence-corrected chi connectivity index (χ3v) is 16.0. The van der Waals surface area contributed by atoms with Crippen LogP contribution in [-0.2, 0) is 19.1 Å². The number of carboxylic acids is 1. The molecule has 52 heavy (non-hydrogen) atoms. The topological polar surface area (TPSA) is 139 Å². The molecule has 3 N–H and O–H groups in total. The quantitative estimate of drug-likeness (QED) is 0.207. The maximum Gasteiger partial charge on any atom is 0.309 e. The van der Waals surface area contributed by atoms with Crippen LogP contribution in [0.5, 0.6) is 0 Å². The zero-order valence-corrected chi connectivity index (χ0v) is 33.4. The van der Waals surface area contributed by atoms with Crippen molar-refractivity contribution in [3.63, 3.8) is 0 Å². The molecule has 0 radical (unpaired) electrons. The van der Waals surface area contributed by atoms with Gasteiger partial charge in [0.1, 0.15) is 12.4 Å². The van der Waals surface area contributed by atoms with Gasteiger partial charge in [0, 0.05) is 24.2 Å². The summed E-state index contributed by atoms with van der Waals surface area (Å²) in [7, 11) is 0. The molecule has 4 fully saturated rings. The van der Waals surface area contributed by atoms with E-state index >= 15 is 0 Å². The molecule has 1 aromatic heterocycles. The Balaban J connectivity index is 1.22. The van der Waals surface area contributed by atoms with E-state index in [4.69, 9.17) is 4.74 Å². The minimum Gasteiger partial charge on any atom is -0.481 e. The second-order valence-electron chi connectivity index (χ2n) is 19.7.